The second-order valence-electron chi connectivity index (χ2n) is 3.94. The van der Waals surface area contributed by atoms with E-state index in [4.69, 9.17) is 16.7 Å². The summed E-state index contributed by atoms with van der Waals surface area (Å²) in [5.74, 6) is 0.178. The van der Waals surface area contributed by atoms with Crippen LogP contribution < -0.4 is 5.32 Å². The molecule has 0 unspecified atom stereocenters. The Morgan fingerprint density at radius 2 is 1.89 bits per heavy atom. The quantitative estimate of drug-likeness (QED) is 0.662. The Morgan fingerprint density at radius 3 is 2.53 bits per heavy atom. The van der Waals surface area contributed by atoms with Crippen LogP contribution in [0.3, 0.4) is 0 Å². The summed E-state index contributed by atoms with van der Waals surface area (Å²) in [5, 5.41) is 23.4. The summed E-state index contributed by atoms with van der Waals surface area (Å²) in [4.78, 5) is 10.4. The van der Waals surface area contributed by atoms with Gasteiger partial charge in [-0.1, -0.05) is 23.7 Å². The molecular formula is C13H11ClN2O3. The number of benzene rings is 2. The molecule has 0 radical (unpaired) electrons. The van der Waals surface area contributed by atoms with Crippen molar-refractivity contribution in [2.45, 2.75) is 6.54 Å². The lowest BCUT2D eigenvalue weighted by Gasteiger charge is -2.07. The molecule has 2 aromatic rings. The predicted octanol–water partition coefficient (Wildman–Crippen LogP) is 3.57. The molecular weight excluding hydrogens is 268 g/mol. The molecule has 98 valence electrons. The highest BCUT2D eigenvalue weighted by Gasteiger charge is 2.13. The molecule has 0 saturated carbocycles. The number of nitrogens with zero attached hydrogens (tertiary/aromatic N) is 1. The third-order valence-corrected chi connectivity index (χ3v) is 2.81. The predicted molar refractivity (Wildman–Crippen MR) is 73.5 cm³/mol. The number of aromatic hydroxyl groups is 1. The first kappa shape index (κ1) is 13.2. The van der Waals surface area contributed by atoms with E-state index < -0.39 is 4.92 Å². The second-order valence-corrected chi connectivity index (χ2v) is 4.38. The Hall–Kier alpha value is -2.27. The van der Waals surface area contributed by atoms with Gasteiger partial charge < -0.3 is 10.4 Å². The molecule has 0 bridgehead atoms. The van der Waals surface area contributed by atoms with Gasteiger partial charge in [-0.3, -0.25) is 10.1 Å². The van der Waals surface area contributed by atoms with Crippen molar-refractivity contribution in [3.8, 4) is 5.75 Å². The van der Waals surface area contributed by atoms with E-state index in [-0.39, 0.29) is 11.4 Å². The Bertz CT molecular complexity index is 599. The molecule has 0 atom stereocenters. The van der Waals surface area contributed by atoms with Crippen LogP contribution in [-0.2, 0) is 6.54 Å². The third kappa shape index (κ3) is 3.35. The van der Waals surface area contributed by atoms with Crippen molar-refractivity contribution in [2.75, 3.05) is 5.32 Å². The van der Waals surface area contributed by atoms with Crippen LogP contribution >= 0.6 is 11.6 Å². The number of nitro groups is 1. The summed E-state index contributed by atoms with van der Waals surface area (Å²) in [7, 11) is 0. The molecule has 0 amide bonds. The number of hydrogen-bond donors (Lipinski definition) is 2. The van der Waals surface area contributed by atoms with Crippen molar-refractivity contribution >= 4 is 23.0 Å². The number of rotatable bonds is 4. The fraction of sp³-hybridized carbons (Fsp3) is 0.0769. The lowest BCUT2D eigenvalue weighted by molar-refractivity contribution is -0.384. The molecule has 0 heterocycles. The van der Waals surface area contributed by atoms with Gasteiger partial charge in [0.1, 0.15) is 11.4 Å². The number of nitrogens with one attached hydrogen (secondary N) is 1. The number of nitro benzene ring substituents is 1. The van der Waals surface area contributed by atoms with Gasteiger partial charge in [-0.25, -0.2) is 0 Å². The summed E-state index contributed by atoms with van der Waals surface area (Å²) in [6.07, 6.45) is 0. The van der Waals surface area contributed by atoms with E-state index in [0.29, 0.717) is 17.3 Å². The van der Waals surface area contributed by atoms with Crippen molar-refractivity contribution in [1.29, 1.82) is 0 Å². The van der Waals surface area contributed by atoms with Crippen molar-refractivity contribution in [2.24, 2.45) is 0 Å². The molecule has 2 N–H and O–H groups in total. The van der Waals surface area contributed by atoms with E-state index in [1.54, 1.807) is 24.3 Å². The maximum absolute atomic E-state index is 10.9. The maximum Gasteiger partial charge on any atom is 0.292 e. The first-order valence-corrected chi connectivity index (χ1v) is 5.90. The summed E-state index contributed by atoms with van der Waals surface area (Å²) < 4.78 is 0. The van der Waals surface area contributed by atoms with Crippen molar-refractivity contribution < 1.29 is 10.0 Å². The number of phenols is 1. The molecule has 0 spiro atoms. The SMILES string of the molecule is O=[N+]([O-])c1ccc(Cl)cc1NCc1ccc(O)cc1. The minimum Gasteiger partial charge on any atom is -0.508 e. The highest BCUT2D eigenvalue weighted by atomic mass is 35.5. The van der Waals surface area contributed by atoms with Gasteiger partial charge in [0.25, 0.3) is 5.69 Å². The van der Waals surface area contributed by atoms with Crippen LogP contribution in [0.15, 0.2) is 42.5 Å². The fourth-order valence-electron chi connectivity index (χ4n) is 1.62. The molecule has 0 fully saturated rings. The number of halogens is 1. The zero-order valence-electron chi connectivity index (χ0n) is 9.84. The van der Waals surface area contributed by atoms with Crippen LogP contribution in [0.5, 0.6) is 5.75 Å². The highest BCUT2D eigenvalue weighted by Crippen LogP contribution is 2.28. The molecule has 0 saturated heterocycles. The molecule has 5 nitrogen and oxygen atoms in total. The minimum absolute atomic E-state index is 0.0248. The first-order valence-electron chi connectivity index (χ1n) is 5.52. The van der Waals surface area contributed by atoms with E-state index in [1.807, 2.05) is 0 Å². The number of anilines is 1. The topological polar surface area (TPSA) is 75.4 Å². The number of hydrogen-bond acceptors (Lipinski definition) is 4. The molecule has 0 aliphatic carbocycles. The van der Waals surface area contributed by atoms with E-state index >= 15 is 0 Å². The van der Waals surface area contributed by atoms with Crippen LogP contribution in [0.2, 0.25) is 5.02 Å². The van der Waals surface area contributed by atoms with E-state index in [9.17, 15) is 10.1 Å². The molecule has 2 aromatic carbocycles. The normalized spacial score (nSPS) is 10.2. The van der Waals surface area contributed by atoms with Gasteiger partial charge in [-0.05, 0) is 29.8 Å². The van der Waals surface area contributed by atoms with E-state index in [2.05, 4.69) is 5.32 Å². The fourth-order valence-corrected chi connectivity index (χ4v) is 1.79. The number of phenolic OH excluding ortho intramolecular Hbond substituents is 1. The Balaban J connectivity index is 2.16. The zero-order chi connectivity index (χ0) is 13.8. The maximum atomic E-state index is 10.9. The highest BCUT2D eigenvalue weighted by molar-refractivity contribution is 6.31. The van der Waals surface area contributed by atoms with Gasteiger partial charge in [0.05, 0.1) is 4.92 Å². The van der Waals surface area contributed by atoms with Gasteiger partial charge in [0.2, 0.25) is 0 Å². The van der Waals surface area contributed by atoms with Crippen LogP contribution in [0, 0.1) is 10.1 Å². The van der Waals surface area contributed by atoms with Gasteiger partial charge in [0.15, 0.2) is 0 Å². The summed E-state index contributed by atoms with van der Waals surface area (Å²) >= 11 is 5.83. The monoisotopic (exact) mass is 278 g/mol. The van der Waals surface area contributed by atoms with Gasteiger partial charge in [-0.2, -0.15) is 0 Å². The molecule has 6 heteroatoms. The van der Waals surface area contributed by atoms with Crippen molar-refractivity contribution in [1.82, 2.24) is 0 Å². The Kier molecular flexibility index (Phi) is 3.87. The molecule has 0 aliphatic rings. The molecule has 2 rings (SSSR count). The smallest absolute Gasteiger partial charge is 0.292 e. The second kappa shape index (κ2) is 5.58. The first-order chi connectivity index (χ1) is 9.06. The van der Waals surface area contributed by atoms with Crippen LogP contribution in [-0.4, -0.2) is 10.0 Å². The molecule has 0 aromatic heterocycles. The largest absolute Gasteiger partial charge is 0.508 e. The molecule has 0 aliphatic heterocycles. The Morgan fingerprint density at radius 1 is 1.21 bits per heavy atom. The average Bonchev–Trinajstić information content (AvgIpc) is 2.38. The van der Waals surface area contributed by atoms with E-state index in [0.717, 1.165) is 5.56 Å². The van der Waals surface area contributed by atoms with Crippen molar-refractivity contribution in [3.63, 3.8) is 0 Å². The van der Waals surface area contributed by atoms with Gasteiger partial charge in [-0.15, -0.1) is 0 Å². The minimum atomic E-state index is -0.463. The van der Waals surface area contributed by atoms with Crippen LogP contribution in [0.1, 0.15) is 5.56 Å². The van der Waals surface area contributed by atoms with E-state index in [1.165, 1.54) is 18.2 Å². The van der Waals surface area contributed by atoms with Crippen LogP contribution in [0.25, 0.3) is 0 Å². The van der Waals surface area contributed by atoms with Gasteiger partial charge >= 0.3 is 0 Å². The zero-order valence-corrected chi connectivity index (χ0v) is 10.6. The lowest BCUT2D eigenvalue weighted by Crippen LogP contribution is -2.02. The Labute approximate surface area is 114 Å². The lowest BCUT2D eigenvalue weighted by atomic mass is 10.2. The standard InChI is InChI=1S/C13H11ClN2O3/c14-10-3-6-13(16(18)19)12(7-10)15-8-9-1-4-11(17)5-2-9/h1-7,15,17H,8H2. The average molecular weight is 279 g/mol. The third-order valence-electron chi connectivity index (χ3n) is 2.57. The summed E-state index contributed by atoms with van der Waals surface area (Å²) in [6, 6.07) is 10.9. The summed E-state index contributed by atoms with van der Waals surface area (Å²) in [6.45, 7) is 0.404. The van der Waals surface area contributed by atoms with Gasteiger partial charge in [0, 0.05) is 17.6 Å². The molecule has 19 heavy (non-hydrogen) atoms. The van der Waals surface area contributed by atoms with Crippen LogP contribution in [0.4, 0.5) is 11.4 Å². The summed E-state index contributed by atoms with van der Waals surface area (Å²) in [5.41, 5.74) is 1.24. The van der Waals surface area contributed by atoms with Crippen molar-refractivity contribution in [3.05, 3.63) is 63.2 Å².